The first-order valence-electron chi connectivity index (χ1n) is 5.28. The lowest BCUT2D eigenvalue weighted by atomic mass is 10.5. The summed E-state index contributed by atoms with van der Waals surface area (Å²) in [6, 6.07) is 3.67. The van der Waals surface area contributed by atoms with E-state index in [1.54, 1.807) is 19.4 Å². The molecule has 2 heterocycles. The van der Waals surface area contributed by atoms with E-state index in [2.05, 4.69) is 15.4 Å². The molecular weight excluding hydrogens is 252 g/mol. The molecule has 0 saturated carbocycles. The number of hydrazine groups is 1. The molecule has 0 bridgehead atoms. The SMILES string of the molecule is COCc1nc(NN)cc(Sc2ccoc2C)n1. The van der Waals surface area contributed by atoms with E-state index in [1.165, 1.54) is 11.8 Å². The van der Waals surface area contributed by atoms with Gasteiger partial charge in [0.25, 0.3) is 0 Å². The molecule has 18 heavy (non-hydrogen) atoms. The third kappa shape index (κ3) is 3.00. The lowest BCUT2D eigenvalue weighted by Gasteiger charge is -2.06. The van der Waals surface area contributed by atoms with Crippen LogP contribution in [0.15, 0.2) is 32.7 Å². The number of nitrogens with zero attached hydrogens (tertiary/aromatic N) is 2. The molecule has 2 aromatic rings. The third-order valence-electron chi connectivity index (χ3n) is 2.20. The number of aromatic nitrogens is 2. The molecule has 0 fully saturated rings. The number of ether oxygens (including phenoxy) is 1. The fourth-order valence-electron chi connectivity index (χ4n) is 1.38. The van der Waals surface area contributed by atoms with Crippen molar-refractivity contribution >= 4 is 17.6 Å². The van der Waals surface area contributed by atoms with Crippen molar-refractivity contribution in [2.75, 3.05) is 12.5 Å². The number of nitrogen functional groups attached to an aromatic ring is 1. The Balaban J connectivity index is 2.26. The predicted octanol–water partition coefficient (Wildman–Crippen LogP) is 1.96. The maximum Gasteiger partial charge on any atom is 0.157 e. The number of nitrogens with two attached hydrogens (primary N) is 1. The topological polar surface area (TPSA) is 86.2 Å². The van der Waals surface area contributed by atoms with Gasteiger partial charge in [-0.3, -0.25) is 0 Å². The monoisotopic (exact) mass is 266 g/mol. The van der Waals surface area contributed by atoms with Gasteiger partial charge in [0.05, 0.1) is 11.2 Å². The Hall–Kier alpha value is -1.57. The summed E-state index contributed by atoms with van der Waals surface area (Å²) < 4.78 is 10.3. The first-order chi connectivity index (χ1) is 8.72. The number of furan rings is 1. The highest BCUT2D eigenvalue weighted by atomic mass is 32.2. The van der Waals surface area contributed by atoms with Gasteiger partial charge in [-0.1, -0.05) is 11.8 Å². The zero-order valence-electron chi connectivity index (χ0n) is 10.1. The van der Waals surface area contributed by atoms with Crippen LogP contribution < -0.4 is 11.3 Å². The van der Waals surface area contributed by atoms with Gasteiger partial charge < -0.3 is 14.6 Å². The van der Waals surface area contributed by atoms with Crippen LogP contribution in [0.4, 0.5) is 5.82 Å². The van der Waals surface area contributed by atoms with Crippen LogP contribution in [0.1, 0.15) is 11.6 Å². The molecule has 0 aromatic carbocycles. The van der Waals surface area contributed by atoms with Crippen molar-refractivity contribution in [3.05, 3.63) is 30.0 Å². The fourth-order valence-corrected chi connectivity index (χ4v) is 2.25. The molecule has 0 aliphatic carbocycles. The summed E-state index contributed by atoms with van der Waals surface area (Å²) in [5.41, 5.74) is 2.52. The van der Waals surface area contributed by atoms with Crippen LogP contribution in [0.25, 0.3) is 0 Å². The van der Waals surface area contributed by atoms with Crippen molar-refractivity contribution in [2.45, 2.75) is 23.5 Å². The summed E-state index contributed by atoms with van der Waals surface area (Å²) in [7, 11) is 1.60. The molecule has 2 aromatic heterocycles. The average Bonchev–Trinajstić information content (AvgIpc) is 2.75. The minimum atomic E-state index is 0.341. The molecule has 0 spiro atoms. The van der Waals surface area contributed by atoms with E-state index < -0.39 is 0 Å². The van der Waals surface area contributed by atoms with Crippen molar-refractivity contribution < 1.29 is 9.15 Å². The molecule has 0 saturated heterocycles. The van der Waals surface area contributed by atoms with Gasteiger partial charge in [0.15, 0.2) is 5.82 Å². The highest BCUT2D eigenvalue weighted by Gasteiger charge is 2.08. The van der Waals surface area contributed by atoms with E-state index in [-0.39, 0.29) is 0 Å². The third-order valence-corrected chi connectivity index (χ3v) is 3.26. The number of rotatable bonds is 5. The zero-order chi connectivity index (χ0) is 13.0. The summed E-state index contributed by atoms with van der Waals surface area (Å²) >= 11 is 1.49. The number of nitrogens with one attached hydrogen (secondary N) is 1. The van der Waals surface area contributed by atoms with Crippen LogP contribution in [-0.4, -0.2) is 17.1 Å². The summed E-state index contributed by atoms with van der Waals surface area (Å²) in [5.74, 6) is 7.37. The Kier molecular flexibility index (Phi) is 4.19. The van der Waals surface area contributed by atoms with Gasteiger partial charge in [0.1, 0.15) is 23.2 Å². The number of methoxy groups -OCH3 is 1. The molecule has 0 amide bonds. The molecule has 0 aliphatic rings. The number of anilines is 1. The molecule has 2 rings (SSSR count). The van der Waals surface area contributed by atoms with Crippen molar-refractivity contribution in [2.24, 2.45) is 5.84 Å². The van der Waals surface area contributed by atoms with Gasteiger partial charge in [0.2, 0.25) is 0 Å². The lowest BCUT2D eigenvalue weighted by molar-refractivity contribution is 0.177. The average molecular weight is 266 g/mol. The lowest BCUT2D eigenvalue weighted by Crippen LogP contribution is -2.11. The van der Waals surface area contributed by atoms with Gasteiger partial charge in [0, 0.05) is 13.2 Å². The second kappa shape index (κ2) is 5.85. The summed E-state index contributed by atoms with van der Waals surface area (Å²) in [6.07, 6.45) is 1.65. The molecule has 96 valence electrons. The number of aryl methyl sites for hydroxylation is 1. The van der Waals surface area contributed by atoms with Crippen molar-refractivity contribution in [1.29, 1.82) is 0 Å². The maximum atomic E-state index is 5.38. The highest BCUT2D eigenvalue weighted by molar-refractivity contribution is 7.99. The smallest absolute Gasteiger partial charge is 0.157 e. The Morgan fingerprint density at radius 2 is 2.33 bits per heavy atom. The quantitative estimate of drug-likeness (QED) is 0.486. The standard InChI is InChI=1S/C11H14N4O2S/c1-7-8(3-4-17-7)18-11-5-9(15-12)13-10(14-11)6-16-2/h3-5H,6,12H2,1-2H3,(H,13,14,15). The maximum absolute atomic E-state index is 5.38. The second-order valence-corrected chi connectivity index (χ2v) is 4.59. The van der Waals surface area contributed by atoms with Crippen LogP contribution in [-0.2, 0) is 11.3 Å². The first kappa shape index (κ1) is 12.9. The van der Waals surface area contributed by atoms with Crippen molar-refractivity contribution in [1.82, 2.24) is 9.97 Å². The predicted molar refractivity (Wildman–Crippen MR) is 68.1 cm³/mol. The first-order valence-corrected chi connectivity index (χ1v) is 6.10. The van der Waals surface area contributed by atoms with Crippen LogP contribution in [0.5, 0.6) is 0 Å². The van der Waals surface area contributed by atoms with Gasteiger partial charge >= 0.3 is 0 Å². The molecule has 3 N–H and O–H groups in total. The van der Waals surface area contributed by atoms with E-state index in [0.717, 1.165) is 15.7 Å². The van der Waals surface area contributed by atoms with Crippen LogP contribution in [0, 0.1) is 6.92 Å². The minimum Gasteiger partial charge on any atom is -0.468 e. The summed E-state index contributed by atoms with van der Waals surface area (Å²) in [6.45, 7) is 2.25. The number of hydrogen-bond donors (Lipinski definition) is 2. The van der Waals surface area contributed by atoms with Crippen LogP contribution in [0.2, 0.25) is 0 Å². The normalized spacial score (nSPS) is 10.6. The highest BCUT2D eigenvalue weighted by Crippen LogP contribution is 2.30. The Labute approximate surface area is 109 Å². The largest absolute Gasteiger partial charge is 0.468 e. The zero-order valence-corrected chi connectivity index (χ0v) is 11.0. The molecule has 7 heteroatoms. The van der Waals surface area contributed by atoms with Crippen molar-refractivity contribution in [3.63, 3.8) is 0 Å². The Bertz CT molecular complexity index is 530. The fraction of sp³-hybridized carbons (Fsp3) is 0.273. The van der Waals surface area contributed by atoms with Gasteiger partial charge in [-0.15, -0.1) is 0 Å². The Morgan fingerprint density at radius 1 is 1.50 bits per heavy atom. The second-order valence-electron chi connectivity index (χ2n) is 3.53. The summed E-state index contributed by atoms with van der Waals surface area (Å²) in [5, 5.41) is 0.787. The number of hydrogen-bond acceptors (Lipinski definition) is 7. The van der Waals surface area contributed by atoms with Crippen LogP contribution >= 0.6 is 11.8 Å². The van der Waals surface area contributed by atoms with Gasteiger partial charge in [-0.05, 0) is 13.0 Å². The molecular formula is C11H14N4O2S. The minimum absolute atomic E-state index is 0.341. The van der Waals surface area contributed by atoms with Gasteiger partial charge in [-0.2, -0.15) is 0 Å². The van der Waals surface area contributed by atoms with Crippen molar-refractivity contribution in [3.8, 4) is 0 Å². The van der Waals surface area contributed by atoms with Gasteiger partial charge in [-0.25, -0.2) is 15.8 Å². The molecule has 0 unspecified atom stereocenters. The van der Waals surface area contributed by atoms with E-state index in [9.17, 15) is 0 Å². The van der Waals surface area contributed by atoms with E-state index in [0.29, 0.717) is 18.2 Å². The van der Waals surface area contributed by atoms with E-state index in [4.69, 9.17) is 15.0 Å². The van der Waals surface area contributed by atoms with Crippen LogP contribution in [0.3, 0.4) is 0 Å². The molecule has 0 aliphatic heterocycles. The Morgan fingerprint density at radius 3 is 2.94 bits per heavy atom. The molecule has 0 atom stereocenters. The van der Waals surface area contributed by atoms with E-state index in [1.807, 2.05) is 13.0 Å². The summed E-state index contributed by atoms with van der Waals surface area (Å²) in [4.78, 5) is 9.57. The molecule has 0 radical (unpaired) electrons. The molecule has 6 nitrogen and oxygen atoms in total. The van der Waals surface area contributed by atoms with E-state index >= 15 is 0 Å².